The zero-order valence-electron chi connectivity index (χ0n) is 12.1. The minimum atomic E-state index is -0.887. The molecular formula is C15H18N2O4S. The Hall–Kier alpha value is -1.89. The van der Waals surface area contributed by atoms with Crippen LogP contribution in [-0.4, -0.2) is 58.9 Å². The van der Waals surface area contributed by atoms with Gasteiger partial charge in [0.2, 0.25) is 5.91 Å². The number of hydrogen-bond acceptors (Lipinski definition) is 4. The van der Waals surface area contributed by atoms with Crippen molar-refractivity contribution >= 4 is 29.1 Å². The van der Waals surface area contributed by atoms with Crippen LogP contribution in [0, 0.1) is 11.8 Å². The Bertz CT molecular complexity index is 586. The molecular weight excluding hydrogens is 304 g/mol. The predicted molar refractivity (Wildman–Crippen MR) is 80.7 cm³/mol. The van der Waals surface area contributed by atoms with Crippen LogP contribution in [0.3, 0.4) is 0 Å². The summed E-state index contributed by atoms with van der Waals surface area (Å²) in [4.78, 5) is 39.0. The number of rotatable bonds is 3. The van der Waals surface area contributed by atoms with Crippen LogP contribution in [0.4, 0.5) is 0 Å². The van der Waals surface area contributed by atoms with E-state index in [1.54, 1.807) is 9.80 Å². The second-order valence-corrected chi connectivity index (χ2v) is 6.55. The van der Waals surface area contributed by atoms with Gasteiger partial charge in [0.25, 0.3) is 5.91 Å². The number of aliphatic carboxylic acids is 1. The summed E-state index contributed by atoms with van der Waals surface area (Å²) in [6.45, 7) is 2.21. The standard InChI is InChI=1S/C15H18N2O4S/c18-13(10-2-7-22-9-10)16-3-1-4-17(6-5-16)14(19)11-8-12(11)15(20)21/h2,7,9,11-12H,1,3-6,8H2,(H,20,21). The molecule has 0 aromatic carbocycles. The van der Waals surface area contributed by atoms with Gasteiger partial charge < -0.3 is 14.9 Å². The van der Waals surface area contributed by atoms with Gasteiger partial charge in [-0.25, -0.2) is 0 Å². The van der Waals surface area contributed by atoms with E-state index in [1.807, 2.05) is 16.8 Å². The highest BCUT2D eigenvalue weighted by Crippen LogP contribution is 2.40. The first-order chi connectivity index (χ1) is 10.6. The average molecular weight is 322 g/mol. The molecule has 22 heavy (non-hydrogen) atoms. The van der Waals surface area contributed by atoms with Crippen molar-refractivity contribution < 1.29 is 19.5 Å². The first-order valence-electron chi connectivity index (χ1n) is 7.41. The van der Waals surface area contributed by atoms with E-state index < -0.39 is 11.9 Å². The van der Waals surface area contributed by atoms with Crippen molar-refractivity contribution in [3.05, 3.63) is 22.4 Å². The number of carbonyl (C=O) groups excluding carboxylic acids is 2. The lowest BCUT2D eigenvalue weighted by Gasteiger charge is -2.22. The summed E-state index contributed by atoms with van der Waals surface area (Å²) >= 11 is 1.49. The van der Waals surface area contributed by atoms with Crippen molar-refractivity contribution in [2.45, 2.75) is 12.8 Å². The normalized spacial score (nSPS) is 24.7. The van der Waals surface area contributed by atoms with Crippen LogP contribution < -0.4 is 0 Å². The highest BCUT2D eigenvalue weighted by Gasteiger charge is 2.49. The second-order valence-electron chi connectivity index (χ2n) is 5.77. The molecule has 1 saturated heterocycles. The van der Waals surface area contributed by atoms with Crippen molar-refractivity contribution in [2.75, 3.05) is 26.2 Å². The van der Waals surface area contributed by atoms with E-state index in [4.69, 9.17) is 5.11 Å². The van der Waals surface area contributed by atoms with E-state index in [-0.39, 0.29) is 17.7 Å². The van der Waals surface area contributed by atoms with Gasteiger partial charge in [0.05, 0.1) is 17.4 Å². The first-order valence-corrected chi connectivity index (χ1v) is 8.35. The Morgan fingerprint density at radius 2 is 1.82 bits per heavy atom. The highest BCUT2D eigenvalue weighted by atomic mass is 32.1. The zero-order chi connectivity index (χ0) is 15.7. The smallest absolute Gasteiger partial charge is 0.307 e. The fourth-order valence-electron chi connectivity index (χ4n) is 2.89. The van der Waals surface area contributed by atoms with E-state index in [9.17, 15) is 14.4 Å². The number of thiophene rings is 1. The molecule has 2 heterocycles. The quantitative estimate of drug-likeness (QED) is 0.905. The van der Waals surface area contributed by atoms with E-state index in [2.05, 4.69) is 0 Å². The summed E-state index contributed by atoms with van der Waals surface area (Å²) in [6, 6.07) is 1.81. The topological polar surface area (TPSA) is 77.9 Å². The van der Waals surface area contributed by atoms with Crippen LogP contribution >= 0.6 is 11.3 Å². The molecule has 2 unspecified atom stereocenters. The maximum absolute atomic E-state index is 12.3. The van der Waals surface area contributed by atoms with Gasteiger partial charge in [-0.1, -0.05) is 0 Å². The van der Waals surface area contributed by atoms with E-state index >= 15 is 0 Å². The van der Waals surface area contributed by atoms with Crippen molar-refractivity contribution in [1.82, 2.24) is 9.80 Å². The number of nitrogens with zero attached hydrogens (tertiary/aromatic N) is 2. The molecule has 3 rings (SSSR count). The third-order valence-corrected chi connectivity index (χ3v) is 4.97. The minimum Gasteiger partial charge on any atom is -0.481 e. The van der Waals surface area contributed by atoms with Crippen molar-refractivity contribution in [3.63, 3.8) is 0 Å². The third kappa shape index (κ3) is 2.99. The fourth-order valence-corrected chi connectivity index (χ4v) is 3.51. The number of carboxylic acids is 1. The Morgan fingerprint density at radius 3 is 2.45 bits per heavy atom. The lowest BCUT2D eigenvalue weighted by molar-refractivity contribution is -0.141. The van der Waals surface area contributed by atoms with Crippen LogP contribution in [0.5, 0.6) is 0 Å². The van der Waals surface area contributed by atoms with Crippen LogP contribution in [0.2, 0.25) is 0 Å². The number of carbonyl (C=O) groups is 3. The first kappa shape index (κ1) is 15.0. The molecule has 2 amide bonds. The molecule has 2 atom stereocenters. The van der Waals surface area contributed by atoms with Crippen LogP contribution in [0.25, 0.3) is 0 Å². The van der Waals surface area contributed by atoms with Crippen molar-refractivity contribution in [2.24, 2.45) is 11.8 Å². The molecule has 118 valence electrons. The summed E-state index contributed by atoms with van der Waals surface area (Å²) in [5, 5.41) is 12.6. The largest absolute Gasteiger partial charge is 0.481 e. The maximum atomic E-state index is 12.3. The maximum Gasteiger partial charge on any atom is 0.307 e. The van der Waals surface area contributed by atoms with Crippen molar-refractivity contribution in [3.8, 4) is 0 Å². The predicted octanol–water partition coefficient (Wildman–Crippen LogP) is 1.14. The van der Waals surface area contributed by atoms with E-state index in [0.29, 0.717) is 38.2 Å². The molecule has 1 aliphatic heterocycles. The number of carboxylic acid groups (broad SMARTS) is 1. The molecule has 7 heteroatoms. The van der Waals surface area contributed by atoms with Crippen molar-refractivity contribution in [1.29, 1.82) is 0 Å². The Balaban J connectivity index is 1.57. The summed E-state index contributed by atoms with van der Waals surface area (Å²) < 4.78 is 0. The Labute approximate surface area is 132 Å². The van der Waals surface area contributed by atoms with Crippen LogP contribution in [-0.2, 0) is 9.59 Å². The Kier molecular flexibility index (Phi) is 4.15. The molecule has 1 aromatic heterocycles. The van der Waals surface area contributed by atoms with Crippen LogP contribution in [0.1, 0.15) is 23.2 Å². The average Bonchev–Trinajstić information content (AvgIpc) is 3.20. The van der Waals surface area contributed by atoms with Gasteiger partial charge in [-0.15, -0.1) is 0 Å². The van der Waals surface area contributed by atoms with Crippen LogP contribution in [0.15, 0.2) is 16.8 Å². The molecule has 6 nitrogen and oxygen atoms in total. The Morgan fingerprint density at radius 1 is 1.09 bits per heavy atom. The molecule has 2 fully saturated rings. The van der Waals surface area contributed by atoms with Gasteiger partial charge in [-0.3, -0.25) is 14.4 Å². The molecule has 1 N–H and O–H groups in total. The molecule has 1 saturated carbocycles. The monoisotopic (exact) mass is 322 g/mol. The summed E-state index contributed by atoms with van der Waals surface area (Å²) in [5.74, 6) is -1.83. The minimum absolute atomic E-state index is 0.00498. The summed E-state index contributed by atoms with van der Waals surface area (Å²) in [6.07, 6.45) is 1.17. The fraction of sp³-hybridized carbons (Fsp3) is 0.533. The van der Waals surface area contributed by atoms with E-state index in [1.165, 1.54) is 11.3 Å². The number of hydrogen-bond donors (Lipinski definition) is 1. The molecule has 0 spiro atoms. The molecule has 0 bridgehead atoms. The van der Waals surface area contributed by atoms with Gasteiger partial charge in [0.15, 0.2) is 0 Å². The number of amides is 2. The molecule has 2 aliphatic rings. The summed E-state index contributed by atoms with van der Waals surface area (Å²) in [7, 11) is 0. The highest BCUT2D eigenvalue weighted by molar-refractivity contribution is 7.08. The van der Waals surface area contributed by atoms with E-state index in [0.717, 1.165) is 6.42 Å². The second kappa shape index (κ2) is 6.08. The van der Waals surface area contributed by atoms with Gasteiger partial charge in [0.1, 0.15) is 0 Å². The van der Waals surface area contributed by atoms with Gasteiger partial charge >= 0.3 is 5.97 Å². The van der Waals surface area contributed by atoms with Gasteiger partial charge in [-0.2, -0.15) is 11.3 Å². The SMILES string of the molecule is O=C(O)C1CC1C(=O)N1CCCN(C(=O)c2ccsc2)CC1. The lowest BCUT2D eigenvalue weighted by Crippen LogP contribution is -2.38. The van der Waals surface area contributed by atoms with Gasteiger partial charge in [0, 0.05) is 31.6 Å². The third-order valence-electron chi connectivity index (χ3n) is 4.29. The lowest BCUT2D eigenvalue weighted by atomic mass is 10.2. The van der Waals surface area contributed by atoms with Gasteiger partial charge in [-0.05, 0) is 24.3 Å². The molecule has 1 aliphatic carbocycles. The summed E-state index contributed by atoms with van der Waals surface area (Å²) in [5.41, 5.74) is 0.693. The zero-order valence-corrected chi connectivity index (χ0v) is 12.9. The molecule has 1 aromatic rings. The molecule has 0 radical (unpaired) electrons.